The summed E-state index contributed by atoms with van der Waals surface area (Å²) in [6, 6.07) is 10.3. The van der Waals surface area contributed by atoms with E-state index < -0.39 is 10.0 Å². The molecule has 0 radical (unpaired) electrons. The predicted molar refractivity (Wildman–Crippen MR) is 105 cm³/mol. The summed E-state index contributed by atoms with van der Waals surface area (Å²) in [5, 5.41) is 3.40. The number of hydrogen-bond donors (Lipinski definition) is 2. The lowest BCUT2D eigenvalue weighted by atomic mass is 10.2. The topological polar surface area (TPSA) is 101 Å². The number of amides is 1. The molecule has 27 heavy (non-hydrogen) atoms. The van der Waals surface area contributed by atoms with Crippen LogP contribution in [0.15, 0.2) is 47.5 Å². The molecule has 0 atom stereocenters. The number of sulfonamides is 1. The van der Waals surface area contributed by atoms with Gasteiger partial charge in [0.1, 0.15) is 9.88 Å². The minimum atomic E-state index is -3.61. The van der Waals surface area contributed by atoms with E-state index in [4.69, 9.17) is 0 Å². The van der Waals surface area contributed by atoms with Gasteiger partial charge in [0.05, 0.1) is 16.3 Å². The highest BCUT2D eigenvalue weighted by Crippen LogP contribution is 2.27. The van der Waals surface area contributed by atoms with Gasteiger partial charge in [-0.25, -0.2) is 18.1 Å². The number of thiazole rings is 1. The first-order valence-electron chi connectivity index (χ1n) is 8.06. The van der Waals surface area contributed by atoms with Gasteiger partial charge in [-0.3, -0.25) is 9.78 Å². The molecule has 3 aromatic rings. The first kappa shape index (κ1) is 19.2. The highest BCUT2D eigenvalue weighted by atomic mass is 32.2. The van der Waals surface area contributed by atoms with Crippen LogP contribution in [0, 0.1) is 13.8 Å². The smallest absolute Gasteiger partial charge is 0.267 e. The molecule has 0 aliphatic heterocycles. The number of aryl methyl sites for hydroxylation is 2. The molecule has 0 fully saturated rings. The van der Waals surface area contributed by atoms with Crippen LogP contribution in [0.1, 0.15) is 20.9 Å². The minimum absolute atomic E-state index is 0.123. The van der Waals surface area contributed by atoms with Gasteiger partial charge in [0.25, 0.3) is 5.91 Å². The minimum Gasteiger partial charge on any atom is -0.321 e. The third-order valence-electron chi connectivity index (χ3n) is 3.89. The van der Waals surface area contributed by atoms with Crippen molar-refractivity contribution in [1.29, 1.82) is 0 Å². The lowest BCUT2D eigenvalue weighted by Gasteiger charge is -2.10. The normalized spacial score (nSPS) is 11.4. The second-order valence-electron chi connectivity index (χ2n) is 5.79. The quantitative estimate of drug-likeness (QED) is 0.683. The van der Waals surface area contributed by atoms with E-state index in [2.05, 4.69) is 20.0 Å². The highest BCUT2D eigenvalue weighted by molar-refractivity contribution is 7.89. The Morgan fingerprint density at radius 3 is 2.59 bits per heavy atom. The average Bonchev–Trinajstić information content (AvgIpc) is 3.06. The molecular formula is C18H18N4O3S2. The summed E-state index contributed by atoms with van der Waals surface area (Å²) in [4.78, 5) is 21.9. The van der Waals surface area contributed by atoms with Crippen molar-refractivity contribution >= 4 is 33.0 Å². The maximum atomic E-state index is 12.7. The van der Waals surface area contributed by atoms with Crippen molar-refractivity contribution in [1.82, 2.24) is 14.7 Å². The van der Waals surface area contributed by atoms with Crippen LogP contribution >= 0.6 is 11.3 Å². The van der Waals surface area contributed by atoms with E-state index in [0.717, 1.165) is 0 Å². The zero-order valence-electron chi connectivity index (χ0n) is 15.0. The van der Waals surface area contributed by atoms with Gasteiger partial charge in [-0.05, 0) is 50.7 Å². The fourth-order valence-corrected chi connectivity index (χ4v) is 4.40. The molecule has 0 unspecified atom stereocenters. The lowest BCUT2D eigenvalue weighted by molar-refractivity contribution is 0.102. The van der Waals surface area contributed by atoms with E-state index in [1.807, 2.05) is 18.2 Å². The summed E-state index contributed by atoms with van der Waals surface area (Å²) in [6.45, 7) is 3.45. The first-order chi connectivity index (χ1) is 12.8. The second kappa shape index (κ2) is 7.55. The number of pyridine rings is 1. The van der Waals surface area contributed by atoms with Gasteiger partial charge in [-0.2, -0.15) is 0 Å². The standard InChI is InChI=1S/C18H18N4O3S2/c1-11-7-8-13(10-15(11)27(24,25)19-3)22-17(23)16-12(2)21-18(26-16)14-6-4-5-9-20-14/h4-10,19H,1-3H3,(H,22,23). The van der Waals surface area contributed by atoms with Crippen LogP contribution < -0.4 is 10.0 Å². The molecule has 9 heteroatoms. The van der Waals surface area contributed by atoms with Gasteiger partial charge < -0.3 is 5.32 Å². The Hall–Kier alpha value is -2.62. The molecule has 0 saturated carbocycles. The Bertz CT molecular complexity index is 1090. The van der Waals surface area contributed by atoms with Crippen LogP contribution in [0.3, 0.4) is 0 Å². The summed E-state index contributed by atoms with van der Waals surface area (Å²) in [6.07, 6.45) is 1.67. The number of nitrogens with zero attached hydrogens (tertiary/aromatic N) is 2. The van der Waals surface area contributed by atoms with Crippen molar-refractivity contribution in [2.24, 2.45) is 0 Å². The fourth-order valence-electron chi connectivity index (χ4n) is 2.47. The van der Waals surface area contributed by atoms with Crippen molar-refractivity contribution in [2.75, 3.05) is 12.4 Å². The van der Waals surface area contributed by atoms with Crippen LogP contribution in [-0.2, 0) is 10.0 Å². The van der Waals surface area contributed by atoms with Crippen LogP contribution in [0.5, 0.6) is 0 Å². The number of benzene rings is 1. The van der Waals surface area contributed by atoms with Crippen molar-refractivity contribution < 1.29 is 13.2 Å². The number of nitrogens with one attached hydrogen (secondary N) is 2. The molecule has 0 aliphatic carbocycles. The number of carbonyl (C=O) groups is 1. The Balaban J connectivity index is 1.89. The molecule has 0 aliphatic rings. The predicted octanol–water partition coefficient (Wildman–Crippen LogP) is 2.98. The molecule has 1 aromatic carbocycles. The maximum absolute atomic E-state index is 12.7. The molecule has 7 nitrogen and oxygen atoms in total. The van der Waals surface area contributed by atoms with Crippen LogP contribution in [0.4, 0.5) is 5.69 Å². The summed E-state index contributed by atoms with van der Waals surface area (Å²) in [5.74, 6) is -0.344. The first-order valence-corrected chi connectivity index (χ1v) is 10.4. The van der Waals surface area contributed by atoms with Gasteiger partial charge in [0.15, 0.2) is 0 Å². The molecular weight excluding hydrogens is 384 g/mol. The molecule has 2 N–H and O–H groups in total. The molecule has 0 spiro atoms. The molecule has 0 bridgehead atoms. The Morgan fingerprint density at radius 2 is 1.93 bits per heavy atom. The molecule has 3 rings (SSSR count). The molecule has 1 amide bonds. The van der Waals surface area contributed by atoms with Crippen molar-refractivity contribution in [3.63, 3.8) is 0 Å². The third-order valence-corrected chi connectivity index (χ3v) is 6.63. The van der Waals surface area contributed by atoms with Gasteiger partial charge in [-0.1, -0.05) is 12.1 Å². The Kier molecular flexibility index (Phi) is 5.36. The SMILES string of the molecule is CNS(=O)(=O)c1cc(NC(=O)c2sc(-c3ccccn3)nc2C)ccc1C. The fraction of sp³-hybridized carbons (Fsp3) is 0.167. The van der Waals surface area contributed by atoms with E-state index in [1.54, 1.807) is 32.2 Å². The van der Waals surface area contributed by atoms with E-state index >= 15 is 0 Å². The zero-order valence-corrected chi connectivity index (χ0v) is 16.6. The summed E-state index contributed by atoms with van der Waals surface area (Å²) in [7, 11) is -2.26. The largest absolute Gasteiger partial charge is 0.321 e. The molecule has 2 heterocycles. The van der Waals surface area contributed by atoms with Crippen LogP contribution in [0.25, 0.3) is 10.7 Å². The summed E-state index contributed by atoms with van der Waals surface area (Å²) < 4.78 is 26.5. The summed E-state index contributed by atoms with van der Waals surface area (Å²) >= 11 is 1.24. The van der Waals surface area contributed by atoms with E-state index in [0.29, 0.717) is 32.5 Å². The number of anilines is 1. The third kappa shape index (κ3) is 4.05. The van der Waals surface area contributed by atoms with Crippen molar-refractivity contribution in [3.8, 4) is 10.7 Å². The highest BCUT2D eigenvalue weighted by Gasteiger charge is 2.19. The molecule has 0 saturated heterocycles. The van der Waals surface area contributed by atoms with Gasteiger partial charge in [0.2, 0.25) is 10.0 Å². The van der Waals surface area contributed by atoms with Crippen molar-refractivity contribution in [2.45, 2.75) is 18.7 Å². The average molecular weight is 403 g/mol. The van der Waals surface area contributed by atoms with E-state index in [-0.39, 0.29) is 10.8 Å². The van der Waals surface area contributed by atoms with E-state index in [9.17, 15) is 13.2 Å². The van der Waals surface area contributed by atoms with Gasteiger partial charge in [0, 0.05) is 11.9 Å². The Morgan fingerprint density at radius 1 is 1.15 bits per heavy atom. The molecule has 140 valence electrons. The van der Waals surface area contributed by atoms with Crippen molar-refractivity contribution in [3.05, 3.63) is 58.7 Å². The monoisotopic (exact) mass is 402 g/mol. The van der Waals surface area contributed by atoms with Gasteiger partial charge >= 0.3 is 0 Å². The second-order valence-corrected chi connectivity index (χ2v) is 8.64. The van der Waals surface area contributed by atoms with E-state index in [1.165, 1.54) is 24.5 Å². The number of carbonyl (C=O) groups excluding carboxylic acids is 1. The van der Waals surface area contributed by atoms with Crippen LogP contribution in [-0.4, -0.2) is 31.3 Å². The zero-order chi connectivity index (χ0) is 19.6. The lowest BCUT2D eigenvalue weighted by Crippen LogP contribution is -2.20. The summed E-state index contributed by atoms with van der Waals surface area (Å²) in [5.41, 5.74) is 2.27. The number of hydrogen-bond acceptors (Lipinski definition) is 6. The number of aromatic nitrogens is 2. The number of rotatable bonds is 5. The maximum Gasteiger partial charge on any atom is 0.267 e. The Labute approximate surface area is 161 Å². The molecule has 2 aromatic heterocycles. The van der Waals surface area contributed by atoms with Gasteiger partial charge in [-0.15, -0.1) is 11.3 Å². The van der Waals surface area contributed by atoms with Crippen LogP contribution in [0.2, 0.25) is 0 Å².